The Morgan fingerprint density at radius 1 is 1.27 bits per heavy atom. The molecule has 0 atom stereocenters. The zero-order valence-electron chi connectivity index (χ0n) is 6.32. The minimum atomic E-state index is -0.818. The molecule has 1 N–H and O–H groups in total. The van der Waals surface area contributed by atoms with Crippen molar-refractivity contribution >= 4 is 23.2 Å². The molecular weight excluding hydrogens is 183 g/mol. The molecule has 0 radical (unpaired) electrons. The first kappa shape index (κ1) is 9.37. The molecule has 1 fully saturated rings. The van der Waals surface area contributed by atoms with Crippen molar-refractivity contribution in [3.05, 3.63) is 10.6 Å². The van der Waals surface area contributed by atoms with E-state index in [0.717, 1.165) is 25.7 Å². The molecule has 0 aromatic carbocycles. The molecule has 0 saturated heterocycles. The van der Waals surface area contributed by atoms with Gasteiger partial charge in [0.05, 0.1) is 5.03 Å². The fourth-order valence-electron chi connectivity index (χ4n) is 1.48. The normalized spacial score (nSPS) is 25.2. The Kier molecular flexibility index (Phi) is 3.23. The number of rotatable bonds is 1. The van der Waals surface area contributed by atoms with Crippen LogP contribution >= 0.6 is 23.2 Å². The Balaban J connectivity index is 2.64. The lowest BCUT2D eigenvalue weighted by atomic mass is 9.85. The Morgan fingerprint density at radius 3 is 2.27 bits per heavy atom. The first-order valence-corrected chi connectivity index (χ1v) is 4.69. The molecule has 0 aromatic rings. The van der Waals surface area contributed by atoms with Crippen LogP contribution in [-0.4, -0.2) is 10.7 Å². The van der Waals surface area contributed by atoms with Crippen molar-refractivity contribution in [2.45, 2.75) is 37.7 Å². The van der Waals surface area contributed by atoms with Gasteiger partial charge in [0.25, 0.3) is 0 Å². The first-order chi connectivity index (χ1) is 5.19. The number of aliphatic hydroxyl groups is 1. The van der Waals surface area contributed by atoms with Crippen LogP contribution in [0.3, 0.4) is 0 Å². The van der Waals surface area contributed by atoms with Crippen molar-refractivity contribution < 1.29 is 5.11 Å². The van der Waals surface area contributed by atoms with Gasteiger partial charge < -0.3 is 5.11 Å². The molecule has 0 heterocycles. The molecule has 0 unspecified atom stereocenters. The second-order valence-electron chi connectivity index (χ2n) is 3.05. The lowest BCUT2D eigenvalue weighted by Crippen LogP contribution is -2.31. The molecule has 1 saturated carbocycles. The maximum Gasteiger partial charge on any atom is 0.101 e. The van der Waals surface area contributed by atoms with Gasteiger partial charge in [-0.05, 0) is 12.8 Å². The van der Waals surface area contributed by atoms with Gasteiger partial charge in [-0.2, -0.15) is 0 Å². The monoisotopic (exact) mass is 194 g/mol. The molecule has 11 heavy (non-hydrogen) atoms. The summed E-state index contributed by atoms with van der Waals surface area (Å²) in [6.07, 6.45) is 4.76. The second-order valence-corrected chi connectivity index (χ2v) is 3.67. The highest BCUT2D eigenvalue weighted by Crippen LogP contribution is 2.36. The lowest BCUT2D eigenvalue weighted by Gasteiger charge is -2.31. The highest BCUT2D eigenvalue weighted by molar-refractivity contribution is 6.37. The van der Waals surface area contributed by atoms with Gasteiger partial charge in [0, 0.05) is 5.54 Å². The number of hydrogen-bond donors (Lipinski definition) is 1. The fraction of sp³-hybridized carbons (Fsp3) is 0.750. The molecule has 1 nitrogen and oxygen atoms in total. The van der Waals surface area contributed by atoms with Crippen LogP contribution in [0.4, 0.5) is 0 Å². The van der Waals surface area contributed by atoms with Crippen LogP contribution < -0.4 is 0 Å². The smallest absolute Gasteiger partial charge is 0.101 e. The Morgan fingerprint density at radius 2 is 1.82 bits per heavy atom. The van der Waals surface area contributed by atoms with Crippen LogP contribution in [0.1, 0.15) is 32.1 Å². The maximum absolute atomic E-state index is 9.86. The summed E-state index contributed by atoms with van der Waals surface area (Å²) in [5.74, 6) is 0. The van der Waals surface area contributed by atoms with E-state index in [2.05, 4.69) is 0 Å². The third-order valence-corrected chi connectivity index (χ3v) is 3.01. The third-order valence-electron chi connectivity index (χ3n) is 2.22. The Labute approximate surface area is 77.0 Å². The highest BCUT2D eigenvalue weighted by atomic mass is 35.5. The van der Waals surface area contributed by atoms with Gasteiger partial charge >= 0.3 is 0 Å². The SMILES string of the molecule is OC1(/C(Cl)=C\Cl)CCCCC1. The van der Waals surface area contributed by atoms with E-state index in [0.29, 0.717) is 5.03 Å². The van der Waals surface area contributed by atoms with Gasteiger partial charge in [-0.25, -0.2) is 0 Å². The predicted molar refractivity (Wildman–Crippen MR) is 47.8 cm³/mol. The van der Waals surface area contributed by atoms with Crippen LogP contribution in [0.5, 0.6) is 0 Å². The van der Waals surface area contributed by atoms with Crippen LogP contribution in [-0.2, 0) is 0 Å². The molecule has 1 aliphatic carbocycles. The highest BCUT2D eigenvalue weighted by Gasteiger charge is 2.32. The maximum atomic E-state index is 9.86. The van der Waals surface area contributed by atoms with Crippen LogP contribution in [0, 0.1) is 0 Å². The topological polar surface area (TPSA) is 20.2 Å². The summed E-state index contributed by atoms with van der Waals surface area (Å²) in [7, 11) is 0. The van der Waals surface area contributed by atoms with Crippen LogP contribution in [0.15, 0.2) is 10.6 Å². The summed E-state index contributed by atoms with van der Waals surface area (Å²) in [6.45, 7) is 0. The summed E-state index contributed by atoms with van der Waals surface area (Å²) in [6, 6.07) is 0. The predicted octanol–water partition coefficient (Wildman–Crippen LogP) is 3.00. The van der Waals surface area contributed by atoms with E-state index in [4.69, 9.17) is 23.2 Å². The van der Waals surface area contributed by atoms with Crippen molar-refractivity contribution in [1.82, 2.24) is 0 Å². The minimum Gasteiger partial charge on any atom is -0.384 e. The quantitative estimate of drug-likeness (QED) is 0.681. The summed E-state index contributed by atoms with van der Waals surface area (Å²) in [5.41, 5.74) is 0.453. The minimum absolute atomic E-state index is 0.388. The molecule has 1 aliphatic rings. The van der Waals surface area contributed by atoms with E-state index in [1.807, 2.05) is 0 Å². The first-order valence-electron chi connectivity index (χ1n) is 3.88. The van der Waals surface area contributed by atoms with E-state index in [-0.39, 0.29) is 0 Å². The standard InChI is InChI=1S/C8H12Cl2O/c9-6-7(10)8(11)4-2-1-3-5-8/h6,11H,1-5H2/b7-6+. The molecular formula is C8H12Cl2O. The van der Waals surface area contributed by atoms with Crippen molar-refractivity contribution in [2.75, 3.05) is 0 Å². The summed E-state index contributed by atoms with van der Waals surface area (Å²) >= 11 is 11.2. The summed E-state index contributed by atoms with van der Waals surface area (Å²) in [5, 5.41) is 10.2. The zero-order valence-corrected chi connectivity index (χ0v) is 7.83. The van der Waals surface area contributed by atoms with E-state index in [9.17, 15) is 5.11 Å². The van der Waals surface area contributed by atoms with Crippen molar-refractivity contribution in [2.24, 2.45) is 0 Å². The second kappa shape index (κ2) is 3.79. The van der Waals surface area contributed by atoms with Crippen LogP contribution in [0.2, 0.25) is 0 Å². The molecule has 0 bridgehead atoms. The average molecular weight is 195 g/mol. The van der Waals surface area contributed by atoms with Gasteiger partial charge in [0.15, 0.2) is 0 Å². The molecule has 0 aromatic heterocycles. The van der Waals surface area contributed by atoms with Crippen molar-refractivity contribution in [3.63, 3.8) is 0 Å². The molecule has 3 heteroatoms. The molecule has 0 spiro atoms. The molecule has 0 amide bonds. The Hall–Kier alpha value is 0.280. The Bertz CT molecular complexity index is 159. The summed E-state index contributed by atoms with van der Waals surface area (Å²) < 4.78 is 0. The third kappa shape index (κ3) is 2.11. The number of hydrogen-bond acceptors (Lipinski definition) is 1. The van der Waals surface area contributed by atoms with Crippen molar-refractivity contribution in [1.29, 1.82) is 0 Å². The van der Waals surface area contributed by atoms with Gasteiger partial charge in [-0.3, -0.25) is 0 Å². The summed E-state index contributed by atoms with van der Waals surface area (Å²) in [4.78, 5) is 0. The van der Waals surface area contributed by atoms with Gasteiger partial charge in [-0.1, -0.05) is 42.5 Å². The van der Waals surface area contributed by atoms with E-state index in [1.165, 1.54) is 12.0 Å². The lowest BCUT2D eigenvalue weighted by molar-refractivity contribution is 0.0469. The molecule has 64 valence electrons. The zero-order chi connectivity index (χ0) is 8.32. The van der Waals surface area contributed by atoms with E-state index in [1.54, 1.807) is 0 Å². The van der Waals surface area contributed by atoms with E-state index < -0.39 is 5.60 Å². The molecule has 1 rings (SSSR count). The van der Waals surface area contributed by atoms with Crippen molar-refractivity contribution in [3.8, 4) is 0 Å². The number of halogens is 2. The molecule has 0 aliphatic heterocycles. The van der Waals surface area contributed by atoms with Gasteiger partial charge in [-0.15, -0.1) is 0 Å². The van der Waals surface area contributed by atoms with Gasteiger partial charge in [0.2, 0.25) is 0 Å². The fourth-order valence-corrected chi connectivity index (χ4v) is 1.87. The van der Waals surface area contributed by atoms with Crippen LogP contribution in [0.25, 0.3) is 0 Å². The van der Waals surface area contributed by atoms with Gasteiger partial charge in [0.1, 0.15) is 5.60 Å². The largest absolute Gasteiger partial charge is 0.384 e. The average Bonchev–Trinajstić information content (AvgIpc) is 2.04. The van der Waals surface area contributed by atoms with E-state index >= 15 is 0 Å².